The normalized spacial score (nSPS) is 24.4. The molecule has 81 heavy (non-hydrogen) atoms. The summed E-state index contributed by atoms with van der Waals surface area (Å²) in [6.45, 7) is 14.4. The molecule has 0 radical (unpaired) electrons. The summed E-state index contributed by atoms with van der Waals surface area (Å²) in [4.78, 5) is 48.4. The second kappa shape index (κ2) is 23.3. The molecule has 2 bridgehead atoms. The van der Waals surface area contributed by atoms with Gasteiger partial charge >= 0.3 is 0 Å². The molecule has 1 saturated carbocycles. The Morgan fingerprint density at radius 1 is 0.802 bits per heavy atom. The molecule has 0 spiro atoms. The number of fused-ring (bicyclic) bond motifs is 2. The average molecular weight is 1100 g/mol. The fourth-order valence-corrected chi connectivity index (χ4v) is 13.5. The number of nitrogens with zero attached hydrogens (tertiary/aromatic N) is 11. The van der Waals surface area contributed by atoms with Crippen LogP contribution >= 0.6 is 0 Å². The average Bonchev–Trinajstić information content (AvgIpc) is 4.28. The van der Waals surface area contributed by atoms with Crippen molar-refractivity contribution in [1.29, 1.82) is 0 Å². The van der Waals surface area contributed by atoms with E-state index >= 15 is 0 Å². The first-order chi connectivity index (χ1) is 39.3. The third-order valence-corrected chi connectivity index (χ3v) is 18.0. The number of para-hydroxylation sites is 1. The van der Waals surface area contributed by atoms with Gasteiger partial charge in [0.25, 0.3) is 0 Å². The number of ether oxygens (including phenoxy) is 2. The van der Waals surface area contributed by atoms with Gasteiger partial charge in [-0.1, -0.05) is 43.3 Å². The van der Waals surface area contributed by atoms with Gasteiger partial charge < -0.3 is 64.3 Å². The number of hydrogen-bond acceptors (Lipinski definition) is 17. The van der Waals surface area contributed by atoms with E-state index in [1.165, 1.54) is 4.90 Å². The van der Waals surface area contributed by atoms with Crippen LogP contribution in [0.4, 0.5) is 23.0 Å². The van der Waals surface area contributed by atoms with E-state index in [0.717, 1.165) is 131 Å². The molecule has 6 aromatic rings. The molecular formula is C61H77N13O7. The van der Waals surface area contributed by atoms with E-state index in [1.54, 1.807) is 18.3 Å². The van der Waals surface area contributed by atoms with Crippen LogP contribution in [0.25, 0.3) is 16.9 Å². The molecule has 6 atom stereocenters. The van der Waals surface area contributed by atoms with Crippen molar-refractivity contribution in [1.82, 2.24) is 45.0 Å². The van der Waals surface area contributed by atoms with Crippen molar-refractivity contribution in [2.24, 2.45) is 11.8 Å². The van der Waals surface area contributed by atoms with Crippen LogP contribution in [-0.4, -0.2) is 157 Å². The van der Waals surface area contributed by atoms with E-state index in [-0.39, 0.29) is 60.8 Å². The maximum Gasteiger partial charge on any atom is 0.243 e. The number of aryl methyl sites for hydroxylation is 1. The van der Waals surface area contributed by atoms with Crippen molar-refractivity contribution >= 4 is 34.8 Å². The number of nitrogens with one attached hydrogen (secondary N) is 1. The van der Waals surface area contributed by atoms with Gasteiger partial charge in [-0.05, 0) is 106 Å². The number of nitrogens with two attached hydrogens (primary N) is 1. The zero-order valence-corrected chi connectivity index (χ0v) is 47.0. The molecule has 5 aliphatic heterocycles. The maximum absolute atomic E-state index is 14.4. The van der Waals surface area contributed by atoms with Gasteiger partial charge in [-0.3, -0.25) is 9.59 Å². The van der Waals surface area contributed by atoms with E-state index in [1.807, 2.05) is 93.2 Å². The van der Waals surface area contributed by atoms with Crippen molar-refractivity contribution in [2.45, 2.75) is 140 Å². The lowest BCUT2D eigenvalue weighted by Crippen LogP contribution is -2.54. The fraction of sp³-hybridized carbons (Fsp3) is 0.525. The number of likely N-dealkylation sites (tertiary alicyclic amines) is 2. The summed E-state index contributed by atoms with van der Waals surface area (Å²) in [5.74, 6) is 2.58. The first-order valence-electron chi connectivity index (χ1n) is 29.3. The Morgan fingerprint density at radius 3 is 2.27 bits per heavy atom. The van der Waals surface area contributed by atoms with Gasteiger partial charge in [0.2, 0.25) is 17.7 Å². The monoisotopic (exact) mass is 1100 g/mol. The number of benzene rings is 2. The van der Waals surface area contributed by atoms with Crippen molar-refractivity contribution in [3.05, 3.63) is 109 Å². The Labute approximate surface area is 473 Å². The molecule has 20 heteroatoms. The molecule has 12 rings (SSSR count). The van der Waals surface area contributed by atoms with Gasteiger partial charge in [0.05, 0.1) is 35.7 Å². The number of β-amino-alcohol motifs (C(OH)–C–C–N with tert-alkyl or cyclic N) is 1. The second-order valence-corrected chi connectivity index (χ2v) is 23.8. The molecule has 9 heterocycles. The molecule has 20 nitrogen and oxygen atoms in total. The van der Waals surface area contributed by atoms with Gasteiger partial charge in [0, 0.05) is 131 Å². The van der Waals surface area contributed by atoms with Crippen LogP contribution in [0.3, 0.4) is 0 Å². The third-order valence-electron chi connectivity index (χ3n) is 18.0. The molecule has 2 unspecified atom stereocenters. The largest absolute Gasteiger partial charge is 0.507 e. The third kappa shape index (κ3) is 11.6. The van der Waals surface area contributed by atoms with E-state index in [2.05, 4.69) is 62.4 Å². The minimum absolute atomic E-state index is 0.0805. The highest BCUT2D eigenvalue weighted by atomic mass is 16.5. The number of amides is 2. The van der Waals surface area contributed by atoms with Gasteiger partial charge in [-0.25, -0.2) is 9.97 Å². The highest BCUT2D eigenvalue weighted by Gasteiger charge is 2.45. The van der Waals surface area contributed by atoms with Crippen molar-refractivity contribution in [2.75, 3.05) is 72.8 Å². The Balaban J connectivity index is 0.564. The number of phenolic OH excluding ortho intramolecular Hbond substituents is 1. The number of piperidine rings is 2. The molecule has 428 valence electrons. The summed E-state index contributed by atoms with van der Waals surface area (Å²) in [7, 11) is 0. The summed E-state index contributed by atoms with van der Waals surface area (Å²) in [5.41, 5.74) is 11.5. The SMILES string of the molecule is Cc1nccn1-c1ccc([C@H](C)NC(=O)[C@@H]2C[C@@H](O)CN2C(=O)[C@H](c2cc(N3CCC(CN4CCC(O[C@H]5C[C@H](Oc6cc(N7C8CCC7CN(c7cc(-c9ccccc9O)nnc7N)C8)ccn6)C5)CC4)CC3)no2)C(C)C)cc1. The Hall–Kier alpha value is -7.29. The number of aromatic nitrogens is 6. The maximum atomic E-state index is 14.4. The Kier molecular flexibility index (Phi) is 15.6. The molecule has 2 amide bonds. The number of nitrogen functional groups attached to an aromatic ring is 1. The van der Waals surface area contributed by atoms with Gasteiger partial charge in [0.15, 0.2) is 17.4 Å². The van der Waals surface area contributed by atoms with Crippen LogP contribution in [0.15, 0.2) is 95.9 Å². The molecule has 6 fully saturated rings. The molecular weight excluding hydrogens is 1030 g/mol. The van der Waals surface area contributed by atoms with Crippen LogP contribution in [0.5, 0.6) is 11.6 Å². The molecule has 5 N–H and O–H groups in total. The van der Waals surface area contributed by atoms with Crippen LogP contribution in [0.2, 0.25) is 0 Å². The highest BCUT2D eigenvalue weighted by Crippen LogP contribution is 2.41. The zero-order chi connectivity index (χ0) is 55.9. The van der Waals surface area contributed by atoms with Crippen molar-refractivity contribution in [3.8, 4) is 28.6 Å². The molecule has 5 saturated heterocycles. The summed E-state index contributed by atoms with van der Waals surface area (Å²) in [6, 6.07) is 22.6. The number of phenols is 1. The minimum Gasteiger partial charge on any atom is -0.507 e. The molecule has 4 aromatic heterocycles. The standard InChI is InChI=1S/C61H77N13O7/c1-37(2)58(61(78)73-36-46(75)28-53(73)60(77)65-38(3)41-9-11-42(12-10-41)72-26-21-63-39(72)4)55-32-56(68-81-55)70-24-16-40(17-25-70)33-69-22-18-47(19-23-69)79-48-29-49(30-48)80-57-27-43(15-20-64-57)74-44-13-14-45(74)35-71(34-44)52-31-51(66-67-59(52)62)50-7-5-6-8-54(50)76/h5-12,15,20-21,26-27,31-32,37-38,40,44-49,53,58,75-76H,13-14,16-19,22-25,28-30,33-36H2,1-4H3,(H2,62,67)(H,65,77)/t38-,44?,45?,46+,48-,49-,53-,58-/m0/s1. The van der Waals surface area contributed by atoms with Crippen molar-refractivity contribution in [3.63, 3.8) is 0 Å². The summed E-state index contributed by atoms with van der Waals surface area (Å²) < 4.78 is 21.0. The first kappa shape index (κ1) is 54.3. The van der Waals surface area contributed by atoms with Crippen LogP contribution in [0.1, 0.15) is 108 Å². The van der Waals surface area contributed by atoms with Gasteiger partial charge in [-0.2, -0.15) is 0 Å². The number of pyridine rings is 1. The smallest absolute Gasteiger partial charge is 0.243 e. The second-order valence-electron chi connectivity index (χ2n) is 23.8. The van der Waals surface area contributed by atoms with Crippen LogP contribution in [0, 0.1) is 18.8 Å². The van der Waals surface area contributed by atoms with E-state index in [9.17, 15) is 19.8 Å². The number of imidazole rings is 1. The number of rotatable bonds is 17. The molecule has 2 aromatic carbocycles. The minimum atomic E-state index is -0.807. The quantitative estimate of drug-likeness (QED) is 0.0717. The fourth-order valence-electron chi connectivity index (χ4n) is 13.5. The number of aromatic hydroxyl groups is 1. The van der Waals surface area contributed by atoms with E-state index in [4.69, 9.17) is 19.7 Å². The number of carbonyl (C=O) groups is 2. The Bertz CT molecular complexity index is 3130. The predicted octanol–water partition coefficient (Wildman–Crippen LogP) is 7.05. The number of piperazine rings is 1. The van der Waals surface area contributed by atoms with Crippen molar-refractivity contribution < 1.29 is 33.8 Å². The highest BCUT2D eigenvalue weighted by molar-refractivity contribution is 5.91. The van der Waals surface area contributed by atoms with Crippen LogP contribution < -0.4 is 30.5 Å². The van der Waals surface area contributed by atoms with Gasteiger partial charge in [0.1, 0.15) is 29.6 Å². The predicted molar refractivity (Wildman–Crippen MR) is 307 cm³/mol. The Morgan fingerprint density at radius 2 is 1.56 bits per heavy atom. The zero-order valence-electron chi connectivity index (χ0n) is 47.0. The van der Waals surface area contributed by atoms with E-state index < -0.39 is 18.1 Å². The number of anilines is 4. The van der Waals surface area contributed by atoms with Crippen LogP contribution in [-0.2, 0) is 14.3 Å². The molecule has 6 aliphatic rings. The lowest BCUT2D eigenvalue weighted by Gasteiger charge is -2.43. The number of aliphatic hydroxyl groups is 1. The number of hydrogen-bond donors (Lipinski definition) is 4. The van der Waals surface area contributed by atoms with E-state index in [0.29, 0.717) is 46.7 Å². The number of carbonyl (C=O) groups excluding carboxylic acids is 2. The summed E-state index contributed by atoms with van der Waals surface area (Å²) in [5, 5.41) is 37.4. The summed E-state index contributed by atoms with van der Waals surface area (Å²) in [6.07, 6.45) is 13.5. The summed E-state index contributed by atoms with van der Waals surface area (Å²) >= 11 is 0. The van der Waals surface area contributed by atoms with Gasteiger partial charge in [-0.15, -0.1) is 10.2 Å². The lowest BCUT2D eigenvalue weighted by molar-refractivity contribution is -0.141. The lowest BCUT2D eigenvalue weighted by atomic mass is 9.91. The topological polar surface area (TPSA) is 230 Å². The number of aliphatic hydroxyl groups excluding tert-OH is 1. The first-order valence-corrected chi connectivity index (χ1v) is 29.3. The molecule has 1 aliphatic carbocycles.